The Labute approximate surface area is 127 Å². The molecule has 5 nitrogen and oxygen atoms in total. The fraction of sp³-hybridized carbons (Fsp3) is 0.333. The summed E-state index contributed by atoms with van der Waals surface area (Å²) in [5, 5.41) is 7.58. The van der Waals surface area contributed by atoms with Crippen molar-refractivity contribution >= 4 is 17.5 Å². The van der Waals surface area contributed by atoms with Gasteiger partial charge in [0.2, 0.25) is 0 Å². The molecule has 1 aliphatic heterocycles. The summed E-state index contributed by atoms with van der Waals surface area (Å²) >= 11 is 5.90. The van der Waals surface area contributed by atoms with Crippen LogP contribution in [0.25, 0.3) is 11.3 Å². The molecule has 1 unspecified atom stereocenters. The fourth-order valence-corrected chi connectivity index (χ4v) is 2.58. The number of hydrogen-bond acceptors (Lipinski definition) is 3. The highest BCUT2D eigenvalue weighted by Gasteiger charge is 2.25. The zero-order valence-electron chi connectivity index (χ0n) is 11.7. The van der Waals surface area contributed by atoms with E-state index in [0.29, 0.717) is 30.3 Å². The fourth-order valence-electron chi connectivity index (χ4n) is 2.46. The highest BCUT2D eigenvalue weighted by Crippen LogP contribution is 2.24. The minimum Gasteiger partial charge on any atom is -0.375 e. The Morgan fingerprint density at radius 1 is 1.43 bits per heavy atom. The maximum Gasteiger partial charge on any atom is 0.257 e. The number of H-pyrrole nitrogens is 1. The lowest BCUT2D eigenvalue weighted by molar-refractivity contribution is -0.0123. The maximum atomic E-state index is 12.7. The Morgan fingerprint density at radius 2 is 2.19 bits per heavy atom. The first-order valence-corrected chi connectivity index (χ1v) is 7.23. The number of hydrogen-bond donors (Lipinski definition) is 1. The number of aromatic nitrogens is 2. The van der Waals surface area contributed by atoms with Gasteiger partial charge < -0.3 is 9.64 Å². The van der Waals surface area contributed by atoms with Gasteiger partial charge in [-0.25, -0.2) is 0 Å². The molecule has 1 fully saturated rings. The first-order valence-electron chi connectivity index (χ1n) is 6.85. The standard InChI is InChI=1S/C15H16ClN3O2/c1-10-9-19(6-7-21-10)15(20)13-8-17-18-14(13)11-2-4-12(16)5-3-11/h2-5,8,10H,6-7,9H2,1H3,(H,17,18). The largest absolute Gasteiger partial charge is 0.375 e. The second kappa shape index (κ2) is 5.87. The Kier molecular flexibility index (Phi) is 3.94. The molecular weight excluding hydrogens is 290 g/mol. The molecule has 1 N–H and O–H groups in total. The highest BCUT2D eigenvalue weighted by atomic mass is 35.5. The number of nitrogens with zero attached hydrogens (tertiary/aromatic N) is 2. The van der Waals surface area contributed by atoms with Gasteiger partial charge in [0, 0.05) is 23.7 Å². The van der Waals surface area contributed by atoms with Crippen LogP contribution in [0.5, 0.6) is 0 Å². The van der Waals surface area contributed by atoms with Gasteiger partial charge in [0.05, 0.1) is 30.2 Å². The molecular formula is C15H16ClN3O2. The number of aromatic amines is 1. The lowest BCUT2D eigenvalue weighted by Gasteiger charge is -2.31. The van der Waals surface area contributed by atoms with E-state index in [9.17, 15) is 4.79 Å². The van der Waals surface area contributed by atoms with Crippen molar-refractivity contribution in [2.75, 3.05) is 19.7 Å². The van der Waals surface area contributed by atoms with Crippen LogP contribution in [0.3, 0.4) is 0 Å². The Morgan fingerprint density at radius 3 is 2.90 bits per heavy atom. The van der Waals surface area contributed by atoms with Crippen LogP contribution in [-0.2, 0) is 4.74 Å². The molecule has 0 spiro atoms. The average Bonchev–Trinajstić information content (AvgIpc) is 2.96. The van der Waals surface area contributed by atoms with E-state index < -0.39 is 0 Å². The number of ether oxygens (including phenoxy) is 1. The molecule has 1 saturated heterocycles. The van der Waals surface area contributed by atoms with Gasteiger partial charge in [-0.3, -0.25) is 9.89 Å². The highest BCUT2D eigenvalue weighted by molar-refractivity contribution is 6.30. The summed E-state index contributed by atoms with van der Waals surface area (Å²) in [6.07, 6.45) is 1.64. The van der Waals surface area contributed by atoms with E-state index in [0.717, 1.165) is 11.3 Å². The summed E-state index contributed by atoms with van der Waals surface area (Å²) in [6.45, 7) is 3.74. The van der Waals surface area contributed by atoms with Gasteiger partial charge in [0.25, 0.3) is 5.91 Å². The van der Waals surface area contributed by atoms with Crippen molar-refractivity contribution in [3.8, 4) is 11.3 Å². The van der Waals surface area contributed by atoms with Crippen molar-refractivity contribution in [1.82, 2.24) is 15.1 Å². The summed E-state index contributed by atoms with van der Waals surface area (Å²) in [6, 6.07) is 7.33. The third-order valence-corrected chi connectivity index (χ3v) is 3.78. The predicted molar refractivity (Wildman–Crippen MR) is 80.4 cm³/mol. The summed E-state index contributed by atoms with van der Waals surface area (Å²) < 4.78 is 5.47. The number of nitrogens with one attached hydrogen (secondary N) is 1. The van der Waals surface area contributed by atoms with E-state index in [-0.39, 0.29) is 12.0 Å². The molecule has 1 amide bonds. The second-order valence-electron chi connectivity index (χ2n) is 5.10. The van der Waals surface area contributed by atoms with Gasteiger partial charge in [-0.05, 0) is 19.1 Å². The van der Waals surface area contributed by atoms with Gasteiger partial charge in [-0.2, -0.15) is 5.10 Å². The summed E-state index contributed by atoms with van der Waals surface area (Å²) in [5.74, 6) is -0.0242. The van der Waals surface area contributed by atoms with Crippen LogP contribution in [0.15, 0.2) is 30.5 Å². The van der Waals surface area contributed by atoms with Gasteiger partial charge in [0.1, 0.15) is 0 Å². The molecule has 6 heteroatoms. The molecule has 0 aliphatic carbocycles. The zero-order valence-corrected chi connectivity index (χ0v) is 12.4. The zero-order chi connectivity index (χ0) is 14.8. The Balaban J connectivity index is 1.88. The number of carbonyl (C=O) groups is 1. The molecule has 1 aromatic heterocycles. The molecule has 1 atom stereocenters. The smallest absolute Gasteiger partial charge is 0.257 e. The van der Waals surface area contributed by atoms with E-state index in [2.05, 4.69) is 10.2 Å². The lowest BCUT2D eigenvalue weighted by atomic mass is 10.1. The third kappa shape index (κ3) is 2.94. The van der Waals surface area contributed by atoms with E-state index in [4.69, 9.17) is 16.3 Å². The summed E-state index contributed by atoms with van der Waals surface area (Å²) in [7, 11) is 0. The molecule has 2 heterocycles. The monoisotopic (exact) mass is 305 g/mol. The average molecular weight is 306 g/mol. The van der Waals surface area contributed by atoms with Gasteiger partial charge >= 0.3 is 0 Å². The topological polar surface area (TPSA) is 58.2 Å². The molecule has 110 valence electrons. The molecule has 0 radical (unpaired) electrons. The third-order valence-electron chi connectivity index (χ3n) is 3.53. The summed E-state index contributed by atoms with van der Waals surface area (Å²) in [4.78, 5) is 14.5. The molecule has 0 bridgehead atoms. The first kappa shape index (κ1) is 14.1. The van der Waals surface area contributed by atoms with Crippen LogP contribution in [0.1, 0.15) is 17.3 Å². The number of carbonyl (C=O) groups excluding carboxylic acids is 1. The number of benzene rings is 1. The molecule has 2 aromatic rings. The SMILES string of the molecule is CC1CN(C(=O)c2cn[nH]c2-c2ccc(Cl)cc2)CCO1. The molecule has 0 saturated carbocycles. The predicted octanol–water partition coefficient (Wildman–Crippen LogP) is 2.59. The van der Waals surface area contributed by atoms with Crippen LogP contribution in [0.2, 0.25) is 5.02 Å². The van der Waals surface area contributed by atoms with Crippen LogP contribution < -0.4 is 0 Å². The summed E-state index contributed by atoms with van der Waals surface area (Å²) in [5.41, 5.74) is 2.18. The van der Waals surface area contributed by atoms with Gasteiger partial charge in [-0.1, -0.05) is 23.7 Å². The number of rotatable bonds is 2. The van der Waals surface area contributed by atoms with Crippen LogP contribution >= 0.6 is 11.6 Å². The van der Waals surface area contributed by atoms with E-state index >= 15 is 0 Å². The Hall–Kier alpha value is -1.85. The molecule has 1 aliphatic rings. The quantitative estimate of drug-likeness (QED) is 0.928. The van der Waals surface area contributed by atoms with E-state index in [1.807, 2.05) is 19.1 Å². The number of amides is 1. The maximum absolute atomic E-state index is 12.7. The van der Waals surface area contributed by atoms with Crippen LogP contribution in [0.4, 0.5) is 0 Å². The van der Waals surface area contributed by atoms with Gasteiger partial charge in [-0.15, -0.1) is 0 Å². The van der Waals surface area contributed by atoms with Crippen molar-refractivity contribution in [2.45, 2.75) is 13.0 Å². The minimum atomic E-state index is -0.0242. The first-order chi connectivity index (χ1) is 10.1. The van der Waals surface area contributed by atoms with Crippen molar-refractivity contribution in [1.29, 1.82) is 0 Å². The minimum absolute atomic E-state index is 0.0242. The normalized spacial score (nSPS) is 18.8. The number of morpholine rings is 1. The molecule has 1 aromatic carbocycles. The van der Waals surface area contributed by atoms with Crippen molar-refractivity contribution in [3.63, 3.8) is 0 Å². The molecule has 21 heavy (non-hydrogen) atoms. The van der Waals surface area contributed by atoms with Crippen molar-refractivity contribution in [2.24, 2.45) is 0 Å². The molecule has 3 rings (SSSR count). The van der Waals surface area contributed by atoms with E-state index in [1.165, 1.54) is 0 Å². The van der Waals surface area contributed by atoms with Gasteiger partial charge in [0.15, 0.2) is 0 Å². The van der Waals surface area contributed by atoms with Crippen molar-refractivity contribution in [3.05, 3.63) is 41.0 Å². The number of halogens is 1. The van der Waals surface area contributed by atoms with Crippen molar-refractivity contribution < 1.29 is 9.53 Å². The second-order valence-corrected chi connectivity index (χ2v) is 5.53. The Bertz CT molecular complexity index is 639. The van der Waals surface area contributed by atoms with Crippen LogP contribution in [0, 0.1) is 0 Å². The van der Waals surface area contributed by atoms with E-state index in [1.54, 1.807) is 23.2 Å². The van der Waals surface area contributed by atoms with Crippen LogP contribution in [-0.4, -0.2) is 46.8 Å². The lowest BCUT2D eigenvalue weighted by Crippen LogP contribution is -2.44.